The summed E-state index contributed by atoms with van der Waals surface area (Å²) in [6, 6.07) is 5.47. The van der Waals surface area contributed by atoms with E-state index in [0.29, 0.717) is 24.7 Å². The minimum absolute atomic E-state index is 0.0103. The Morgan fingerprint density at radius 3 is 2.76 bits per heavy atom. The van der Waals surface area contributed by atoms with Crippen LogP contribution < -0.4 is 9.47 Å². The van der Waals surface area contributed by atoms with Gasteiger partial charge in [-0.25, -0.2) is 4.98 Å². The maximum Gasteiger partial charge on any atom is 0.161 e. The summed E-state index contributed by atoms with van der Waals surface area (Å²) < 4.78 is 13.5. The van der Waals surface area contributed by atoms with E-state index < -0.39 is 0 Å². The van der Waals surface area contributed by atoms with Crippen LogP contribution in [0, 0.1) is 0 Å². The Morgan fingerprint density at radius 1 is 1.19 bits per heavy atom. The molecule has 0 fully saturated rings. The Labute approximate surface area is 125 Å². The van der Waals surface area contributed by atoms with Crippen LogP contribution in [-0.4, -0.2) is 21.3 Å². The molecule has 5 nitrogen and oxygen atoms in total. The highest BCUT2D eigenvalue weighted by molar-refractivity contribution is 5.42. The number of hydrogen-bond acceptors (Lipinski definition) is 4. The van der Waals surface area contributed by atoms with Crippen molar-refractivity contribution in [2.45, 2.75) is 40.0 Å². The molecule has 21 heavy (non-hydrogen) atoms. The number of aliphatic hydroxyl groups is 1. The van der Waals surface area contributed by atoms with Crippen LogP contribution in [0.25, 0.3) is 0 Å². The zero-order valence-electron chi connectivity index (χ0n) is 12.6. The number of aliphatic hydroxyl groups excluding tert-OH is 1. The molecule has 0 unspecified atom stereocenters. The Hall–Kier alpha value is -2.01. The molecular weight excluding hydrogens is 268 g/mol. The summed E-state index contributed by atoms with van der Waals surface area (Å²) in [6.07, 6.45) is 4.69. The summed E-state index contributed by atoms with van der Waals surface area (Å²) >= 11 is 0. The highest BCUT2D eigenvalue weighted by atomic mass is 16.5. The summed E-state index contributed by atoms with van der Waals surface area (Å²) in [6.45, 7) is 5.97. The topological polar surface area (TPSA) is 56.5 Å². The molecule has 0 aliphatic heterocycles. The van der Waals surface area contributed by atoms with Gasteiger partial charge in [-0.2, -0.15) is 0 Å². The van der Waals surface area contributed by atoms with Gasteiger partial charge in [-0.3, -0.25) is 0 Å². The first kappa shape index (κ1) is 15.4. The first-order valence-electron chi connectivity index (χ1n) is 7.26. The van der Waals surface area contributed by atoms with Gasteiger partial charge in [0, 0.05) is 6.54 Å². The first-order chi connectivity index (χ1) is 10.3. The van der Waals surface area contributed by atoms with E-state index in [2.05, 4.69) is 16.5 Å². The summed E-state index contributed by atoms with van der Waals surface area (Å²) in [7, 11) is 0. The van der Waals surface area contributed by atoms with E-state index >= 15 is 0 Å². The molecule has 1 N–H and O–H groups in total. The second kappa shape index (κ2) is 7.69. The number of hydrogen-bond donors (Lipinski definition) is 1. The van der Waals surface area contributed by atoms with Gasteiger partial charge < -0.3 is 19.1 Å². The Bertz CT molecular complexity index is 566. The van der Waals surface area contributed by atoms with Crippen LogP contribution in [0.15, 0.2) is 30.7 Å². The SMILES string of the molecule is CCCn1cncc1COc1ccc(CO)cc1OCC. The Kier molecular flexibility index (Phi) is 5.63. The molecule has 2 aromatic rings. The molecule has 0 aliphatic rings. The lowest BCUT2D eigenvalue weighted by molar-refractivity contribution is 0.258. The smallest absolute Gasteiger partial charge is 0.161 e. The second-order valence-electron chi connectivity index (χ2n) is 4.74. The molecule has 1 aromatic carbocycles. The van der Waals surface area contributed by atoms with Crippen molar-refractivity contribution >= 4 is 0 Å². The van der Waals surface area contributed by atoms with E-state index in [1.54, 1.807) is 0 Å². The molecule has 5 heteroatoms. The van der Waals surface area contributed by atoms with Gasteiger partial charge in [-0.05, 0) is 31.0 Å². The fourth-order valence-corrected chi connectivity index (χ4v) is 2.10. The fraction of sp³-hybridized carbons (Fsp3) is 0.438. The number of ether oxygens (including phenoxy) is 2. The van der Waals surface area contributed by atoms with Crippen molar-refractivity contribution in [1.82, 2.24) is 9.55 Å². The van der Waals surface area contributed by atoms with Crippen molar-refractivity contribution in [3.8, 4) is 11.5 Å². The van der Waals surface area contributed by atoms with Crippen LogP contribution in [-0.2, 0) is 19.8 Å². The first-order valence-corrected chi connectivity index (χ1v) is 7.26. The van der Waals surface area contributed by atoms with Crippen LogP contribution in [0.3, 0.4) is 0 Å². The van der Waals surface area contributed by atoms with Crippen molar-refractivity contribution in [3.05, 3.63) is 42.0 Å². The standard InChI is InChI=1S/C16H22N2O3/c1-3-7-18-12-17-9-14(18)11-21-15-6-5-13(10-19)8-16(15)20-4-2/h5-6,8-9,12,19H,3-4,7,10-11H2,1-2H3. The molecule has 0 amide bonds. The van der Waals surface area contributed by atoms with Gasteiger partial charge >= 0.3 is 0 Å². The van der Waals surface area contributed by atoms with E-state index in [4.69, 9.17) is 9.47 Å². The molecule has 0 radical (unpaired) electrons. The van der Waals surface area contributed by atoms with Crippen molar-refractivity contribution in [1.29, 1.82) is 0 Å². The van der Waals surface area contributed by atoms with Crippen molar-refractivity contribution in [3.63, 3.8) is 0 Å². The quantitative estimate of drug-likeness (QED) is 0.812. The number of imidazole rings is 1. The minimum atomic E-state index is -0.0103. The van der Waals surface area contributed by atoms with Gasteiger partial charge in [0.15, 0.2) is 11.5 Å². The molecule has 114 valence electrons. The Balaban J connectivity index is 2.09. The monoisotopic (exact) mass is 290 g/mol. The van der Waals surface area contributed by atoms with Gasteiger partial charge in [-0.15, -0.1) is 0 Å². The second-order valence-corrected chi connectivity index (χ2v) is 4.74. The average Bonchev–Trinajstić information content (AvgIpc) is 2.94. The van der Waals surface area contributed by atoms with Crippen LogP contribution >= 0.6 is 0 Å². The molecule has 0 aliphatic carbocycles. The van der Waals surface area contributed by atoms with Gasteiger partial charge in [0.2, 0.25) is 0 Å². The van der Waals surface area contributed by atoms with Crippen LogP contribution in [0.1, 0.15) is 31.5 Å². The zero-order valence-corrected chi connectivity index (χ0v) is 12.6. The minimum Gasteiger partial charge on any atom is -0.490 e. The average molecular weight is 290 g/mol. The molecule has 0 saturated heterocycles. The van der Waals surface area contributed by atoms with E-state index in [9.17, 15) is 5.11 Å². The van der Waals surface area contributed by atoms with Gasteiger partial charge in [0.25, 0.3) is 0 Å². The molecule has 0 spiro atoms. The van der Waals surface area contributed by atoms with Gasteiger partial charge in [-0.1, -0.05) is 13.0 Å². The molecule has 2 rings (SSSR count). The van der Waals surface area contributed by atoms with E-state index in [1.807, 2.05) is 37.6 Å². The van der Waals surface area contributed by atoms with Crippen molar-refractivity contribution < 1.29 is 14.6 Å². The maximum atomic E-state index is 9.19. The third-order valence-corrected chi connectivity index (χ3v) is 3.13. The molecule has 0 atom stereocenters. The lowest BCUT2D eigenvalue weighted by Crippen LogP contribution is -2.06. The molecule has 0 saturated carbocycles. The normalized spacial score (nSPS) is 10.6. The third-order valence-electron chi connectivity index (χ3n) is 3.13. The van der Waals surface area contributed by atoms with Gasteiger partial charge in [0.1, 0.15) is 6.61 Å². The summed E-state index contributed by atoms with van der Waals surface area (Å²) in [5.74, 6) is 1.34. The number of rotatable bonds is 8. The predicted molar refractivity (Wildman–Crippen MR) is 80.4 cm³/mol. The number of benzene rings is 1. The summed E-state index contributed by atoms with van der Waals surface area (Å²) in [5.41, 5.74) is 1.84. The fourth-order valence-electron chi connectivity index (χ4n) is 2.10. The van der Waals surface area contributed by atoms with Gasteiger partial charge in [0.05, 0.1) is 31.4 Å². The van der Waals surface area contributed by atoms with E-state index in [-0.39, 0.29) is 6.61 Å². The highest BCUT2D eigenvalue weighted by Crippen LogP contribution is 2.29. The number of nitrogens with zero attached hydrogens (tertiary/aromatic N) is 2. The van der Waals surface area contributed by atoms with E-state index in [0.717, 1.165) is 24.2 Å². The van der Waals surface area contributed by atoms with Crippen LogP contribution in [0.5, 0.6) is 11.5 Å². The number of aryl methyl sites for hydroxylation is 1. The largest absolute Gasteiger partial charge is 0.490 e. The van der Waals surface area contributed by atoms with Crippen LogP contribution in [0.2, 0.25) is 0 Å². The molecular formula is C16H22N2O3. The number of aromatic nitrogens is 2. The van der Waals surface area contributed by atoms with Crippen LogP contribution in [0.4, 0.5) is 0 Å². The molecule has 1 aromatic heterocycles. The molecule has 0 bridgehead atoms. The summed E-state index contributed by atoms with van der Waals surface area (Å²) in [4.78, 5) is 4.16. The third kappa shape index (κ3) is 3.98. The van der Waals surface area contributed by atoms with E-state index in [1.165, 1.54) is 0 Å². The zero-order chi connectivity index (χ0) is 15.1. The van der Waals surface area contributed by atoms with Crippen molar-refractivity contribution in [2.24, 2.45) is 0 Å². The highest BCUT2D eigenvalue weighted by Gasteiger charge is 2.08. The maximum absolute atomic E-state index is 9.19. The summed E-state index contributed by atoms with van der Waals surface area (Å²) in [5, 5.41) is 9.19. The predicted octanol–water partition coefficient (Wildman–Crippen LogP) is 2.76. The molecule has 1 heterocycles. The lowest BCUT2D eigenvalue weighted by Gasteiger charge is -2.13. The Morgan fingerprint density at radius 2 is 2.05 bits per heavy atom. The lowest BCUT2D eigenvalue weighted by atomic mass is 10.2. The van der Waals surface area contributed by atoms with Crippen molar-refractivity contribution in [2.75, 3.05) is 6.61 Å².